The van der Waals surface area contributed by atoms with Crippen molar-refractivity contribution in [2.24, 2.45) is 0 Å². The maximum atomic E-state index is 11.7. The number of carbonyl (C=O) groups excluding carboxylic acids is 2. The lowest BCUT2D eigenvalue weighted by atomic mass is 10.2. The second kappa shape index (κ2) is 7.94. The van der Waals surface area contributed by atoms with Crippen molar-refractivity contribution >= 4 is 12.2 Å². The van der Waals surface area contributed by atoms with Gasteiger partial charge < -0.3 is 19.3 Å². The van der Waals surface area contributed by atoms with Gasteiger partial charge in [-0.1, -0.05) is 12.8 Å². The number of carbonyl (C=O) groups is 2. The van der Waals surface area contributed by atoms with E-state index in [0.717, 1.165) is 38.8 Å². The van der Waals surface area contributed by atoms with Crippen molar-refractivity contribution in [2.75, 3.05) is 41.3 Å². The predicted octanol–water partition coefficient (Wildman–Crippen LogP) is 1.54. The second-order valence-electron chi connectivity index (χ2n) is 5.31. The highest BCUT2D eigenvalue weighted by atomic mass is 16.7. The summed E-state index contributed by atoms with van der Waals surface area (Å²) in [4.78, 5) is 27.9. The van der Waals surface area contributed by atoms with Gasteiger partial charge in [0.2, 0.25) is 0 Å². The molecular weight excluding hydrogens is 262 g/mol. The normalized spacial score (nSPS) is 16.4. The van der Waals surface area contributed by atoms with Crippen LogP contribution >= 0.6 is 0 Å². The first kappa shape index (κ1) is 16.6. The monoisotopic (exact) mass is 287 g/mol. The molecule has 0 N–H and O–H groups in total. The summed E-state index contributed by atoms with van der Waals surface area (Å²) < 4.78 is 10.5. The molecule has 7 heteroatoms. The van der Waals surface area contributed by atoms with E-state index in [0.29, 0.717) is 0 Å². The summed E-state index contributed by atoms with van der Waals surface area (Å²) >= 11 is 0. The van der Waals surface area contributed by atoms with Crippen LogP contribution in [0.4, 0.5) is 9.59 Å². The van der Waals surface area contributed by atoms with Gasteiger partial charge in [0.25, 0.3) is 0 Å². The molecule has 0 radical (unpaired) electrons. The lowest BCUT2D eigenvalue weighted by Crippen LogP contribution is -2.45. The molecule has 1 saturated heterocycles. The maximum Gasteiger partial charge on any atom is 0.413 e. The molecule has 0 aromatic heterocycles. The summed E-state index contributed by atoms with van der Waals surface area (Å²) in [5, 5.41) is 0. The molecule has 1 aliphatic heterocycles. The van der Waals surface area contributed by atoms with Crippen molar-refractivity contribution in [3.05, 3.63) is 0 Å². The molecule has 0 aliphatic carbocycles. The van der Waals surface area contributed by atoms with Crippen LogP contribution in [-0.4, -0.2) is 74.6 Å². The van der Waals surface area contributed by atoms with Crippen molar-refractivity contribution in [3.8, 4) is 0 Å². The molecule has 0 atom stereocenters. The van der Waals surface area contributed by atoms with Gasteiger partial charge in [0.15, 0.2) is 0 Å². The average Bonchev–Trinajstić information content (AvgIpc) is 2.66. The first-order valence-electron chi connectivity index (χ1n) is 6.91. The van der Waals surface area contributed by atoms with Gasteiger partial charge in [-0.15, -0.1) is 0 Å². The summed E-state index contributed by atoms with van der Waals surface area (Å²) in [6, 6.07) is 0. The maximum absolute atomic E-state index is 11.7. The van der Waals surface area contributed by atoms with E-state index in [4.69, 9.17) is 9.47 Å². The van der Waals surface area contributed by atoms with Crippen LogP contribution < -0.4 is 0 Å². The fourth-order valence-corrected chi connectivity index (χ4v) is 1.86. The van der Waals surface area contributed by atoms with Gasteiger partial charge in [-0.05, 0) is 12.8 Å². The molecule has 0 spiro atoms. The molecule has 2 amide bonds. The quantitative estimate of drug-likeness (QED) is 0.737. The van der Waals surface area contributed by atoms with E-state index in [-0.39, 0.29) is 0 Å². The van der Waals surface area contributed by atoms with Gasteiger partial charge in [-0.25, -0.2) is 14.5 Å². The zero-order valence-electron chi connectivity index (χ0n) is 12.8. The van der Waals surface area contributed by atoms with E-state index < -0.39 is 18.6 Å². The predicted molar refractivity (Wildman–Crippen MR) is 74.2 cm³/mol. The Kier molecular flexibility index (Phi) is 6.57. The van der Waals surface area contributed by atoms with Gasteiger partial charge >= 0.3 is 18.6 Å². The number of ether oxygens (including phenoxy) is 2. The fourth-order valence-electron chi connectivity index (χ4n) is 1.86. The third-order valence-corrected chi connectivity index (χ3v) is 3.07. The topological polar surface area (TPSA) is 62.3 Å². The van der Waals surface area contributed by atoms with Gasteiger partial charge in [-0.2, -0.15) is 0 Å². The molecular formula is C13H25N3O4. The number of nitrogens with zero attached hydrogens (tertiary/aromatic N) is 3. The Morgan fingerprint density at radius 2 is 1.25 bits per heavy atom. The minimum absolute atomic E-state index is 0.522. The first-order chi connectivity index (χ1) is 9.41. The van der Waals surface area contributed by atoms with E-state index in [1.807, 2.05) is 4.90 Å². The van der Waals surface area contributed by atoms with Crippen molar-refractivity contribution in [2.45, 2.75) is 32.1 Å². The van der Waals surface area contributed by atoms with E-state index in [9.17, 15) is 9.59 Å². The number of likely N-dealkylation sites (tertiary alicyclic amines) is 1. The molecule has 1 rings (SSSR count). The summed E-state index contributed by atoms with van der Waals surface area (Å²) in [5.41, 5.74) is 0. The third-order valence-electron chi connectivity index (χ3n) is 3.07. The van der Waals surface area contributed by atoms with E-state index >= 15 is 0 Å². The van der Waals surface area contributed by atoms with Gasteiger partial charge in [-0.3, -0.25) is 0 Å². The van der Waals surface area contributed by atoms with Crippen molar-refractivity contribution in [1.82, 2.24) is 14.7 Å². The van der Waals surface area contributed by atoms with Crippen molar-refractivity contribution < 1.29 is 19.1 Å². The summed E-state index contributed by atoms with van der Waals surface area (Å²) in [6.45, 7) is 1.51. The zero-order chi connectivity index (χ0) is 15.1. The standard InChI is InChI=1S/C13H25N3O4/c1-14(2)11(17)19-13(20-12(18)15(3)4)16-9-7-5-6-8-10-16/h13H,5-10H2,1-4H3. The largest absolute Gasteiger partial charge is 0.413 e. The van der Waals surface area contributed by atoms with Crippen LogP contribution in [0.3, 0.4) is 0 Å². The Morgan fingerprint density at radius 1 is 0.850 bits per heavy atom. The minimum atomic E-state index is -0.960. The van der Waals surface area contributed by atoms with Crippen LogP contribution in [-0.2, 0) is 9.47 Å². The van der Waals surface area contributed by atoms with Crippen LogP contribution in [0.1, 0.15) is 25.7 Å². The molecule has 1 aliphatic rings. The van der Waals surface area contributed by atoms with Crippen LogP contribution in [0.5, 0.6) is 0 Å². The Hall–Kier alpha value is -1.50. The Morgan fingerprint density at radius 3 is 1.60 bits per heavy atom. The molecule has 116 valence electrons. The molecule has 20 heavy (non-hydrogen) atoms. The molecule has 0 aromatic rings. The van der Waals surface area contributed by atoms with E-state index in [1.54, 1.807) is 28.2 Å². The SMILES string of the molecule is CN(C)C(=O)OC(OC(=O)N(C)C)N1CCCCCC1. The smallest absolute Gasteiger partial charge is 0.394 e. The molecule has 0 saturated carbocycles. The molecule has 7 nitrogen and oxygen atoms in total. The fraction of sp³-hybridized carbons (Fsp3) is 0.846. The Bertz CT molecular complexity index is 304. The molecule has 0 bridgehead atoms. The Balaban J connectivity index is 2.71. The van der Waals surface area contributed by atoms with E-state index in [2.05, 4.69) is 0 Å². The number of hydrogen-bond acceptors (Lipinski definition) is 5. The number of hydrogen-bond donors (Lipinski definition) is 0. The first-order valence-corrected chi connectivity index (χ1v) is 6.91. The number of rotatable bonds is 3. The van der Waals surface area contributed by atoms with Gasteiger partial charge in [0, 0.05) is 41.3 Å². The highest BCUT2D eigenvalue weighted by molar-refractivity contribution is 5.68. The Labute approximate surface area is 120 Å². The molecule has 1 heterocycles. The van der Waals surface area contributed by atoms with Gasteiger partial charge in [0.1, 0.15) is 0 Å². The third kappa shape index (κ3) is 5.24. The summed E-state index contributed by atoms with van der Waals surface area (Å²) in [5.74, 6) is 0. The lowest BCUT2D eigenvalue weighted by molar-refractivity contribution is -0.165. The van der Waals surface area contributed by atoms with Gasteiger partial charge in [0.05, 0.1) is 0 Å². The van der Waals surface area contributed by atoms with Crippen molar-refractivity contribution in [1.29, 1.82) is 0 Å². The highest BCUT2D eigenvalue weighted by Crippen LogP contribution is 2.15. The average molecular weight is 287 g/mol. The minimum Gasteiger partial charge on any atom is -0.394 e. The van der Waals surface area contributed by atoms with Crippen LogP contribution in [0.25, 0.3) is 0 Å². The molecule has 0 aromatic carbocycles. The second-order valence-corrected chi connectivity index (χ2v) is 5.31. The molecule has 0 unspecified atom stereocenters. The summed E-state index contributed by atoms with van der Waals surface area (Å²) in [6.07, 6.45) is 2.30. The highest BCUT2D eigenvalue weighted by Gasteiger charge is 2.28. The van der Waals surface area contributed by atoms with E-state index in [1.165, 1.54) is 9.80 Å². The molecule has 1 fully saturated rings. The summed E-state index contributed by atoms with van der Waals surface area (Å²) in [7, 11) is 6.37. The zero-order valence-corrected chi connectivity index (χ0v) is 12.8. The lowest BCUT2D eigenvalue weighted by Gasteiger charge is -2.30. The van der Waals surface area contributed by atoms with Crippen molar-refractivity contribution in [3.63, 3.8) is 0 Å². The van der Waals surface area contributed by atoms with Crippen LogP contribution in [0, 0.1) is 0 Å². The van der Waals surface area contributed by atoms with Crippen LogP contribution in [0.2, 0.25) is 0 Å². The van der Waals surface area contributed by atoms with Crippen LogP contribution in [0.15, 0.2) is 0 Å². The number of amides is 2.